The van der Waals surface area contributed by atoms with Crippen LogP contribution in [0.25, 0.3) is 0 Å². The van der Waals surface area contributed by atoms with Gasteiger partial charge in [-0.3, -0.25) is 9.78 Å². The molecule has 0 radical (unpaired) electrons. The summed E-state index contributed by atoms with van der Waals surface area (Å²) in [6.07, 6.45) is 5.54. The molecule has 1 aliphatic carbocycles. The Labute approximate surface area is 95.5 Å². The molecule has 1 heterocycles. The highest BCUT2D eigenvalue weighted by molar-refractivity contribution is 5.93. The van der Waals surface area contributed by atoms with Gasteiger partial charge in [-0.2, -0.15) is 0 Å². The van der Waals surface area contributed by atoms with Crippen molar-refractivity contribution in [2.45, 2.75) is 12.8 Å². The van der Waals surface area contributed by atoms with Crippen molar-refractivity contribution in [1.29, 1.82) is 0 Å². The summed E-state index contributed by atoms with van der Waals surface area (Å²) in [7, 11) is 1.83. The number of rotatable bonds is 4. The average molecular weight is 219 g/mol. The number of amides is 1. The predicted octanol–water partition coefficient (Wildman–Crippen LogP) is 0.892. The smallest absolute Gasteiger partial charge is 0.253 e. The summed E-state index contributed by atoms with van der Waals surface area (Å²) in [5, 5.41) is 0. The van der Waals surface area contributed by atoms with Gasteiger partial charge in [-0.1, -0.05) is 0 Å². The van der Waals surface area contributed by atoms with E-state index in [1.807, 2.05) is 7.05 Å². The Morgan fingerprint density at radius 3 is 2.62 bits per heavy atom. The van der Waals surface area contributed by atoms with Gasteiger partial charge in [0.1, 0.15) is 0 Å². The normalized spacial score (nSPS) is 16.9. The van der Waals surface area contributed by atoms with Gasteiger partial charge in [0.05, 0.1) is 0 Å². The number of carbonyl (C=O) groups excluding carboxylic acids is 1. The molecule has 1 aliphatic rings. The molecule has 0 atom stereocenters. The van der Waals surface area contributed by atoms with E-state index in [0.29, 0.717) is 12.1 Å². The van der Waals surface area contributed by atoms with Crippen molar-refractivity contribution < 1.29 is 4.79 Å². The Morgan fingerprint density at radius 2 is 2.12 bits per heavy atom. The molecule has 4 nitrogen and oxygen atoms in total. The first-order valence-corrected chi connectivity index (χ1v) is 5.52. The first-order valence-electron chi connectivity index (χ1n) is 5.52. The largest absolute Gasteiger partial charge is 0.341 e. The number of hydrogen-bond donors (Lipinski definition) is 1. The van der Waals surface area contributed by atoms with Gasteiger partial charge in [-0.15, -0.1) is 0 Å². The van der Waals surface area contributed by atoms with Crippen LogP contribution in [0, 0.1) is 5.41 Å². The van der Waals surface area contributed by atoms with Crippen molar-refractivity contribution in [1.82, 2.24) is 9.88 Å². The van der Waals surface area contributed by atoms with Crippen LogP contribution in [0.3, 0.4) is 0 Å². The maximum absolute atomic E-state index is 12.0. The van der Waals surface area contributed by atoms with Crippen molar-refractivity contribution in [2.24, 2.45) is 11.1 Å². The van der Waals surface area contributed by atoms with E-state index in [4.69, 9.17) is 5.73 Å². The van der Waals surface area contributed by atoms with Crippen LogP contribution in [-0.4, -0.2) is 35.9 Å². The number of hydrogen-bond acceptors (Lipinski definition) is 3. The average Bonchev–Trinajstić information content (AvgIpc) is 3.09. The highest BCUT2D eigenvalue weighted by atomic mass is 16.2. The fourth-order valence-electron chi connectivity index (χ4n) is 1.89. The van der Waals surface area contributed by atoms with Gasteiger partial charge in [-0.05, 0) is 31.5 Å². The van der Waals surface area contributed by atoms with Gasteiger partial charge in [0.25, 0.3) is 5.91 Å². The number of pyridine rings is 1. The maximum Gasteiger partial charge on any atom is 0.253 e. The topological polar surface area (TPSA) is 59.2 Å². The van der Waals surface area contributed by atoms with Crippen molar-refractivity contribution in [3.63, 3.8) is 0 Å². The van der Waals surface area contributed by atoms with E-state index in [-0.39, 0.29) is 11.3 Å². The molecule has 2 N–H and O–H groups in total. The molecule has 1 aromatic rings. The second-order valence-corrected chi connectivity index (χ2v) is 4.60. The van der Waals surface area contributed by atoms with Gasteiger partial charge < -0.3 is 10.6 Å². The third kappa shape index (κ3) is 2.22. The molecule has 1 saturated carbocycles. The number of aromatic nitrogens is 1. The summed E-state index contributed by atoms with van der Waals surface area (Å²) in [6.45, 7) is 1.42. The van der Waals surface area contributed by atoms with E-state index in [0.717, 1.165) is 19.4 Å². The van der Waals surface area contributed by atoms with Gasteiger partial charge in [0.2, 0.25) is 0 Å². The molecule has 16 heavy (non-hydrogen) atoms. The molecular formula is C12H17N3O. The Hall–Kier alpha value is -1.42. The van der Waals surface area contributed by atoms with Crippen molar-refractivity contribution in [2.75, 3.05) is 20.1 Å². The van der Waals surface area contributed by atoms with Gasteiger partial charge in [-0.25, -0.2) is 0 Å². The van der Waals surface area contributed by atoms with Crippen LogP contribution in [0.5, 0.6) is 0 Å². The van der Waals surface area contributed by atoms with Crippen LogP contribution >= 0.6 is 0 Å². The Bertz CT molecular complexity index is 373. The van der Waals surface area contributed by atoms with Crippen LogP contribution in [0.2, 0.25) is 0 Å². The molecule has 2 rings (SSSR count). The summed E-state index contributed by atoms with van der Waals surface area (Å²) in [5.74, 6) is 0.0436. The second-order valence-electron chi connectivity index (χ2n) is 4.60. The van der Waals surface area contributed by atoms with E-state index < -0.39 is 0 Å². The Morgan fingerprint density at radius 1 is 1.50 bits per heavy atom. The minimum atomic E-state index is 0.0436. The Balaban J connectivity index is 2.00. The van der Waals surface area contributed by atoms with E-state index in [1.54, 1.807) is 29.4 Å². The van der Waals surface area contributed by atoms with Gasteiger partial charge >= 0.3 is 0 Å². The molecule has 0 unspecified atom stereocenters. The van der Waals surface area contributed by atoms with E-state index in [2.05, 4.69) is 4.98 Å². The fraction of sp³-hybridized carbons (Fsp3) is 0.500. The standard InChI is InChI=1S/C12H17N3O/c1-15(9-12(8-13)4-5-12)11(16)10-2-6-14-7-3-10/h2-3,6-7H,4-5,8-9,13H2,1H3. The third-order valence-electron chi connectivity index (χ3n) is 3.24. The zero-order valence-corrected chi connectivity index (χ0v) is 9.52. The fourth-order valence-corrected chi connectivity index (χ4v) is 1.89. The van der Waals surface area contributed by atoms with E-state index >= 15 is 0 Å². The molecule has 0 saturated heterocycles. The van der Waals surface area contributed by atoms with E-state index in [9.17, 15) is 4.79 Å². The lowest BCUT2D eigenvalue weighted by molar-refractivity contribution is 0.0766. The molecule has 0 aliphatic heterocycles. The minimum Gasteiger partial charge on any atom is -0.341 e. The van der Waals surface area contributed by atoms with E-state index in [1.165, 1.54) is 0 Å². The lowest BCUT2D eigenvalue weighted by Crippen LogP contribution is -2.35. The molecule has 1 fully saturated rings. The molecule has 86 valence electrons. The zero-order valence-electron chi connectivity index (χ0n) is 9.52. The van der Waals surface area contributed by atoms with Crippen LogP contribution in [0.4, 0.5) is 0 Å². The van der Waals surface area contributed by atoms with Crippen LogP contribution in [-0.2, 0) is 0 Å². The predicted molar refractivity (Wildman–Crippen MR) is 61.9 cm³/mol. The van der Waals surface area contributed by atoms with Crippen LogP contribution in [0.1, 0.15) is 23.2 Å². The summed E-state index contributed by atoms with van der Waals surface area (Å²) < 4.78 is 0. The lowest BCUT2D eigenvalue weighted by Gasteiger charge is -2.22. The SMILES string of the molecule is CN(CC1(CN)CC1)C(=O)c1ccncc1. The summed E-state index contributed by atoms with van der Waals surface area (Å²) >= 11 is 0. The molecule has 1 amide bonds. The number of nitrogens with two attached hydrogens (primary N) is 1. The minimum absolute atomic E-state index is 0.0436. The van der Waals surface area contributed by atoms with Crippen LogP contribution in [0.15, 0.2) is 24.5 Å². The van der Waals surface area contributed by atoms with Gasteiger partial charge in [0.15, 0.2) is 0 Å². The van der Waals surface area contributed by atoms with Crippen molar-refractivity contribution in [3.8, 4) is 0 Å². The lowest BCUT2D eigenvalue weighted by atomic mass is 10.1. The number of nitrogens with zero attached hydrogens (tertiary/aromatic N) is 2. The summed E-state index contributed by atoms with van der Waals surface area (Å²) in [6, 6.07) is 3.47. The van der Waals surface area contributed by atoms with Crippen molar-refractivity contribution in [3.05, 3.63) is 30.1 Å². The quantitative estimate of drug-likeness (QED) is 0.818. The molecule has 0 aromatic carbocycles. The molecule has 0 bridgehead atoms. The first kappa shape index (κ1) is 11.1. The number of carbonyl (C=O) groups is 1. The highest BCUT2D eigenvalue weighted by Crippen LogP contribution is 2.44. The molecule has 1 aromatic heterocycles. The van der Waals surface area contributed by atoms with Gasteiger partial charge in [0, 0.05) is 37.0 Å². The monoisotopic (exact) mass is 219 g/mol. The second kappa shape index (κ2) is 4.22. The third-order valence-corrected chi connectivity index (χ3v) is 3.24. The summed E-state index contributed by atoms with van der Waals surface area (Å²) in [5.41, 5.74) is 6.59. The zero-order chi connectivity index (χ0) is 11.6. The summed E-state index contributed by atoms with van der Waals surface area (Å²) in [4.78, 5) is 17.7. The molecule has 0 spiro atoms. The maximum atomic E-state index is 12.0. The Kier molecular flexibility index (Phi) is 2.92. The molecule has 4 heteroatoms. The van der Waals surface area contributed by atoms with Crippen molar-refractivity contribution >= 4 is 5.91 Å². The highest BCUT2D eigenvalue weighted by Gasteiger charge is 2.42. The van der Waals surface area contributed by atoms with Crippen LogP contribution < -0.4 is 5.73 Å². The first-order chi connectivity index (χ1) is 7.67. The molecular weight excluding hydrogens is 202 g/mol.